The van der Waals surface area contributed by atoms with Gasteiger partial charge in [-0.05, 0) is 54.3 Å². The van der Waals surface area contributed by atoms with E-state index in [-0.39, 0.29) is 23.9 Å². The van der Waals surface area contributed by atoms with Crippen molar-refractivity contribution in [2.45, 2.75) is 31.3 Å². The van der Waals surface area contributed by atoms with E-state index < -0.39 is 0 Å². The molecule has 0 spiro atoms. The lowest BCUT2D eigenvalue weighted by atomic mass is 9.98. The van der Waals surface area contributed by atoms with E-state index in [0.29, 0.717) is 6.54 Å². The van der Waals surface area contributed by atoms with Crippen LogP contribution in [0.15, 0.2) is 29.0 Å². The molecule has 2 aromatic rings. The lowest BCUT2D eigenvalue weighted by Gasteiger charge is -2.37. The molecular weight excluding hydrogens is 378 g/mol. The van der Waals surface area contributed by atoms with Crippen LogP contribution in [0.3, 0.4) is 0 Å². The summed E-state index contributed by atoms with van der Waals surface area (Å²) in [6.45, 7) is 1.89. The Morgan fingerprint density at radius 2 is 2.04 bits per heavy atom. The third-order valence-electron chi connectivity index (χ3n) is 5.53. The predicted molar refractivity (Wildman–Crippen MR) is 109 cm³/mol. The van der Waals surface area contributed by atoms with Gasteiger partial charge in [-0.25, -0.2) is 0 Å². The van der Waals surface area contributed by atoms with E-state index in [1.165, 1.54) is 15.3 Å². The number of hydrogen-bond donors (Lipinski definition) is 0. The third-order valence-corrected chi connectivity index (χ3v) is 7.45. The maximum absolute atomic E-state index is 13.3. The first-order chi connectivity index (χ1) is 13.1. The van der Waals surface area contributed by atoms with Crippen molar-refractivity contribution in [3.8, 4) is 0 Å². The Bertz CT molecular complexity index is 815. The van der Waals surface area contributed by atoms with Gasteiger partial charge in [-0.15, -0.1) is 22.7 Å². The van der Waals surface area contributed by atoms with E-state index in [1.54, 1.807) is 41.7 Å². The van der Waals surface area contributed by atoms with Crippen molar-refractivity contribution >= 4 is 34.5 Å². The van der Waals surface area contributed by atoms with Crippen molar-refractivity contribution < 1.29 is 9.59 Å². The van der Waals surface area contributed by atoms with Gasteiger partial charge in [0.25, 0.3) is 0 Å². The molecule has 2 aliphatic heterocycles. The summed E-state index contributed by atoms with van der Waals surface area (Å²) >= 11 is 3.49. The monoisotopic (exact) mass is 403 g/mol. The van der Waals surface area contributed by atoms with Gasteiger partial charge in [-0.1, -0.05) is 6.07 Å². The standard InChI is InChI=1S/C20H25N3O2S2/c1-21(2)20(25)15-5-3-9-22(15)13-18(24)23-10-7-16-14(8-12-27-16)19(23)17-6-4-11-26-17/h4,6,8,11-12,15,19H,3,5,7,9-10,13H2,1-2H3. The summed E-state index contributed by atoms with van der Waals surface area (Å²) in [6, 6.07) is 6.19. The lowest BCUT2D eigenvalue weighted by Crippen LogP contribution is -2.49. The molecule has 7 heteroatoms. The van der Waals surface area contributed by atoms with Crippen LogP contribution in [0.4, 0.5) is 0 Å². The molecule has 2 atom stereocenters. The van der Waals surface area contributed by atoms with Crippen molar-refractivity contribution in [2.75, 3.05) is 33.7 Å². The summed E-state index contributed by atoms with van der Waals surface area (Å²) in [6.07, 6.45) is 2.73. The number of amides is 2. The van der Waals surface area contributed by atoms with E-state index in [1.807, 2.05) is 4.90 Å². The third kappa shape index (κ3) is 3.56. The van der Waals surface area contributed by atoms with Crippen LogP contribution in [0.2, 0.25) is 0 Å². The van der Waals surface area contributed by atoms with E-state index in [4.69, 9.17) is 0 Å². The zero-order valence-electron chi connectivity index (χ0n) is 15.8. The van der Waals surface area contributed by atoms with Crippen molar-refractivity contribution in [1.29, 1.82) is 0 Å². The molecule has 144 valence electrons. The second-order valence-corrected chi connectivity index (χ2v) is 9.40. The predicted octanol–water partition coefficient (Wildman–Crippen LogP) is 2.84. The number of rotatable bonds is 4. The van der Waals surface area contributed by atoms with Crippen LogP contribution in [0, 0.1) is 0 Å². The Labute approximate surface area is 168 Å². The zero-order chi connectivity index (χ0) is 19.0. The molecule has 5 nitrogen and oxygen atoms in total. The second kappa shape index (κ2) is 7.73. The number of likely N-dealkylation sites (N-methyl/N-ethyl adjacent to an activating group) is 1. The van der Waals surface area contributed by atoms with Crippen molar-refractivity contribution in [3.63, 3.8) is 0 Å². The molecule has 4 rings (SSSR count). The summed E-state index contributed by atoms with van der Waals surface area (Å²) in [5, 5.41) is 4.20. The molecular formula is C20H25N3O2S2. The minimum absolute atomic E-state index is 0.0121. The van der Waals surface area contributed by atoms with Crippen LogP contribution in [-0.4, -0.2) is 66.3 Å². The molecule has 0 radical (unpaired) electrons. The average Bonchev–Trinajstić information content (AvgIpc) is 3.40. The van der Waals surface area contributed by atoms with Crippen molar-refractivity contribution in [2.24, 2.45) is 0 Å². The first kappa shape index (κ1) is 18.7. The van der Waals surface area contributed by atoms with E-state index in [2.05, 4.69) is 33.9 Å². The number of fused-ring (bicyclic) bond motifs is 1. The van der Waals surface area contributed by atoms with E-state index >= 15 is 0 Å². The highest BCUT2D eigenvalue weighted by Crippen LogP contribution is 2.39. The smallest absolute Gasteiger partial charge is 0.239 e. The highest BCUT2D eigenvalue weighted by Gasteiger charge is 2.37. The van der Waals surface area contributed by atoms with Gasteiger partial charge in [0.15, 0.2) is 0 Å². The first-order valence-corrected chi connectivity index (χ1v) is 11.2. The van der Waals surface area contributed by atoms with Crippen LogP contribution in [-0.2, 0) is 16.0 Å². The van der Waals surface area contributed by atoms with Gasteiger partial charge in [0.2, 0.25) is 11.8 Å². The van der Waals surface area contributed by atoms with E-state index in [9.17, 15) is 9.59 Å². The molecule has 4 heterocycles. The normalized spacial score (nSPS) is 22.7. The van der Waals surface area contributed by atoms with Gasteiger partial charge in [0.1, 0.15) is 0 Å². The molecule has 1 fully saturated rings. The van der Waals surface area contributed by atoms with Crippen LogP contribution >= 0.6 is 22.7 Å². The van der Waals surface area contributed by atoms with Crippen molar-refractivity contribution in [3.05, 3.63) is 44.3 Å². The van der Waals surface area contributed by atoms with Gasteiger partial charge in [0, 0.05) is 30.4 Å². The average molecular weight is 404 g/mol. The van der Waals surface area contributed by atoms with Gasteiger partial charge in [0.05, 0.1) is 18.6 Å². The summed E-state index contributed by atoms with van der Waals surface area (Å²) < 4.78 is 0. The quantitative estimate of drug-likeness (QED) is 0.789. The van der Waals surface area contributed by atoms with Gasteiger partial charge in [-0.3, -0.25) is 14.5 Å². The largest absolute Gasteiger partial charge is 0.347 e. The van der Waals surface area contributed by atoms with Crippen LogP contribution < -0.4 is 0 Å². The SMILES string of the molecule is CN(C)C(=O)C1CCCN1CC(=O)N1CCc2sccc2C1c1cccs1. The Hall–Kier alpha value is -1.70. The highest BCUT2D eigenvalue weighted by atomic mass is 32.1. The number of hydrogen-bond acceptors (Lipinski definition) is 5. The minimum Gasteiger partial charge on any atom is -0.347 e. The van der Waals surface area contributed by atoms with Crippen LogP contribution in [0.5, 0.6) is 0 Å². The van der Waals surface area contributed by atoms with Crippen LogP contribution in [0.1, 0.15) is 34.2 Å². The minimum atomic E-state index is -0.161. The van der Waals surface area contributed by atoms with Gasteiger partial charge >= 0.3 is 0 Å². The number of thiophene rings is 2. The molecule has 2 amide bonds. The molecule has 0 aliphatic carbocycles. The highest BCUT2D eigenvalue weighted by molar-refractivity contribution is 7.10. The molecule has 1 saturated heterocycles. The topological polar surface area (TPSA) is 43.9 Å². The molecule has 0 bridgehead atoms. The molecule has 0 saturated carbocycles. The van der Waals surface area contributed by atoms with Crippen molar-refractivity contribution in [1.82, 2.24) is 14.7 Å². The zero-order valence-corrected chi connectivity index (χ0v) is 17.4. The first-order valence-electron chi connectivity index (χ1n) is 9.40. The Kier molecular flexibility index (Phi) is 5.34. The molecule has 27 heavy (non-hydrogen) atoms. The number of likely N-dealkylation sites (tertiary alicyclic amines) is 1. The molecule has 2 unspecified atom stereocenters. The van der Waals surface area contributed by atoms with E-state index in [0.717, 1.165) is 32.4 Å². The Balaban J connectivity index is 1.55. The Morgan fingerprint density at radius 3 is 2.78 bits per heavy atom. The Morgan fingerprint density at radius 1 is 1.19 bits per heavy atom. The fourth-order valence-corrected chi connectivity index (χ4v) is 5.95. The summed E-state index contributed by atoms with van der Waals surface area (Å²) in [5.41, 5.74) is 1.27. The molecule has 2 aromatic heterocycles. The molecule has 2 aliphatic rings. The summed E-state index contributed by atoms with van der Waals surface area (Å²) in [7, 11) is 3.58. The summed E-state index contributed by atoms with van der Waals surface area (Å²) in [5.74, 6) is 0.234. The number of carbonyl (C=O) groups is 2. The molecule has 0 N–H and O–H groups in total. The van der Waals surface area contributed by atoms with Gasteiger partial charge in [-0.2, -0.15) is 0 Å². The van der Waals surface area contributed by atoms with Crippen LogP contribution in [0.25, 0.3) is 0 Å². The fourth-order valence-electron chi connectivity index (χ4n) is 4.20. The summed E-state index contributed by atoms with van der Waals surface area (Å²) in [4.78, 5) is 34.1. The maximum Gasteiger partial charge on any atom is 0.239 e. The number of nitrogens with zero attached hydrogens (tertiary/aromatic N) is 3. The second-order valence-electron chi connectivity index (χ2n) is 7.42. The number of carbonyl (C=O) groups excluding carboxylic acids is 2. The lowest BCUT2D eigenvalue weighted by molar-refractivity contribution is -0.138. The van der Waals surface area contributed by atoms with Gasteiger partial charge < -0.3 is 9.80 Å². The maximum atomic E-state index is 13.3. The fraction of sp³-hybridized carbons (Fsp3) is 0.500. The molecule has 0 aromatic carbocycles.